The van der Waals surface area contributed by atoms with Crippen LogP contribution in [0.25, 0.3) is 5.69 Å². The van der Waals surface area contributed by atoms with Crippen LogP contribution in [0.4, 0.5) is 5.13 Å². The summed E-state index contributed by atoms with van der Waals surface area (Å²) in [5.41, 5.74) is 3.46. The number of anilines is 1. The van der Waals surface area contributed by atoms with Crippen LogP contribution in [0.15, 0.2) is 48.4 Å². The molecule has 1 fully saturated rings. The molecule has 0 bridgehead atoms. The zero-order chi connectivity index (χ0) is 17.8. The van der Waals surface area contributed by atoms with Crippen molar-refractivity contribution in [3.8, 4) is 5.69 Å². The van der Waals surface area contributed by atoms with E-state index in [9.17, 15) is 0 Å². The quantitative estimate of drug-likeness (QED) is 0.722. The van der Waals surface area contributed by atoms with Crippen molar-refractivity contribution in [2.75, 3.05) is 31.6 Å². The first-order valence-corrected chi connectivity index (χ1v) is 9.76. The molecular formula is C19H23N5OS. The van der Waals surface area contributed by atoms with E-state index in [1.807, 2.05) is 17.1 Å². The normalized spacial score (nSPS) is 16.5. The molecule has 4 rings (SSSR count). The van der Waals surface area contributed by atoms with Crippen LogP contribution in [0.2, 0.25) is 0 Å². The first-order valence-electron chi connectivity index (χ1n) is 8.88. The van der Waals surface area contributed by atoms with E-state index in [0.29, 0.717) is 6.04 Å². The second-order valence-corrected chi connectivity index (χ2v) is 7.25. The highest BCUT2D eigenvalue weighted by Crippen LogP contribution is 2.25. The number of morpholine rings is 1. The number of ether oxygens (including phenoxy) is 1. The van der Waals surface area contributed by atoms with Crippen LogP contribution in [-0.4, -0.2) is 45.7 Å². The second-order valence-electron chi connectivity index (χ2n) is 6.40. The number of hydrogen-bond acceptors (Lipinski definition) is 6. The summed E-state index contributed by atoms with van der Waals surface area (Å²) in [6.45, 7) is 6.55. The number of imidazole rings is 1. The summed E-state index contributed by atoms with van der Waals surface area (Å²) in [6, 6.07) is 8.77. The van der Waals surface area contributed by atoms with Gasteiger partial charge in [-0.15, -0.1) is 11.3 Å². The maximum atomic E-state index is 5.44. The monoisotopic (exact) mass is 369 g/mol. The fourth-order valence-electron chi connectivity index (χ4n) is 3.13. The Morgan fingerprint density at radius 1 is 1.31 bits per heavy atom. The molecule has 2 aromatic heterocycles. The molecule has 0 radical (unpaired) electrons. The largest absolute Gasteiger partial charge is 0.379 e. The average Bonchev–Trinajstić information content (AvgIpc) is 3.39. The molecule has 1 aliphatic rings. The number of nitrogens with one attached hydrogen (secondary N) is 1. The van der Waals surface area contributed by atoms with Crippen LogP contribution >= 0.6 is 11.3 Å². The van der Waals surface area contributed by atoms with Gasteiger partial charge in [-0.2, -0.15) is 0 Å². The molecule has 0 aliphatic carbocycles. The Hall–Kier alpha value is -2.22. The van der Waals surface area contributed by atoms with Gasteiger partial charge in [-0.1, -0.05) is 12.1 Å². The third-order valence-electron chi connectivity index (χ3n) is 4.70. The molecule has 1 aliphatic heterocycles. The zero-order valence-electron chi connectivity index (χ0n) is 14.8. The van der Waals surface area contributed by atoms with E-state index >= 15 is 0 Å². The number of benzene rings is 1. The van der Waals surface area contributed by atoms with Gasteiger partial charge in [-0.05, 0) is 24.6 Å². The summed E-state index contributed by atoms with van der Waals surface area (Å²) < 4.78 is 7.45. The molecule has 0 saturated carbocycles. The van der Waals surface area contributed by atoms with Gasteiger partial charge in [0.25, 0.3) is 0 Å². The van der Waals surface area contributed by atoms with E-state index in [0.717, 1.165) is 49.4 Å². The molecule has 1 unspecified atom stereocenters. The van der Waals surface area contributed by atoms with E-state index in [4.69, 9.17) is 9.72 Å². The molecule has 0 amide bonds. The van der Waals surface area contributed by atoms with Crippen molar-refractivity contribution in [1.82, 2.24) is 19.4 Å². The maximum Gasteiger partial charge on any atom is 0.183 e. The molecule has 26 heavy (non-hydrogen) atoms. The van der Waals surface area contributed by atoms with E-state index in [1.54, 1.807) is 17.5 Å². The van der Waals surface area contributed by atoms with Crippen LogP contribution in [0.1, 0.15) is 24.2 Å². The molecule has 1 atom stereocenters. The van der Waals surface area contributed by atoms with Gasteiger partial charge in [0.05, 0.1) is 31.3 Å². The molecule has 7 heteroatoms. The van der Waals surface area contributed by atoms with Crippen molar-refractivity contribution in [2.45, 2.75) is 19.5 Å². The van der Waals surface area contributed by atoms with E-state index in [1.165, 1.54) is 5.56 Å². The smallest absolute Gasteiger partial charge is 0.183 e. The summed E-state index contributed by atoms with van der Waals surface area (Å²) in [5, 5.41) is 6.57. The number of rotatable bonds is 6. The van der Waals surface area contributed by atoms with Crippen LogP contribution in [0.5, 0.6) is 0 Å². The molecule has 1 saturated heterocycles. The maximum absolute atomic E-state index is 5.44. The Morgan fingerprint density at radius 3 is 3.00 bits per heavy atom. The van der Waals surface area contributed by atoms with Gasteiger partial charge in [-0.3, -0.25) is 4.90 Å². The van der Waals surface area contributed by atoms with Crippen LogP contribution in [0.3, 0.4) is 0 Å². The van der Waals surface area contributed by atoms with Crippen LogP contribution in [0, 0.1) is 0 Å². The summed E-state index contributed by atoms with van der Waals surface area (Å²) >= 11 is 1.67. The van der Waals surface area contributed by atoms with E-state index < -0.39 is 0 Å². The Labute approximate surface area is 157 Å². The third kappa shape index (κ3) is 3.95. The number of hydrogen-bond donors (Lipinski definition) is 1. The van der Waals surface area contributed by atoms with E-state index in [-0.39, 0.29) is 0 Å². The lowest BCUT2D eigenvalue weighted by atomic mass is 10.2. The lowest BCUT2D eigenvalue weighted by Gasteiger charge is -2.31. The highest BCUT2D eigenvalue weighted by atomic mass is 32.1. The van der Waals surface area contributed by atoms with Crippen molar-refractivity contribution in [3.05, 3.63) is 59.6 Å². The molecule has 1 N–H and O–H groups in total. The van der Waals surface area contributed by atoms with Gasteiger partial charge < -0.3 is 14.6 Å². The molecule has 3 heterocycles. The van der Waals surface area contributed by atoms with Crippen molar-refractivity contribution >= 4 is 16.5 Å². The minimum atomic E-state index is 0.329. The highest BCUT2D eigenvalue weighted by molar-refractivity contribution is 7.13. The van der Waals surface area contributed by atoms with Crippen molar-refractivity contribution in [1.29, 1.82) is 0 Å². The molecule has 0 spiro atoms. The molecule has 1 aromatic carbocycles. The lowest BCUT2D eigenvalue weighted by molar-refractivity contribution is 0.0192. The predicted octanol–water partition coefficient (Wildman–Crippen LogP) is 3.33. The Kier molecular flexibility index (Phi) is 5.29. The minimum Gasteiger partial charge on any atom is -0.379 e. The minimum absolute atomic E-state index is 0.329. The first-order chi connectivity index (χ1) is 12.8. The van der Waals surface area contributed by atoms with Crippen molar-refractivity contribution in [3.63, 3.8) is 0 Å². The van der Waals surface area contributed by atoms with Crippen molar-refractivity contribution < 1.29 is 4.74 Å². The van der Waals surface area contributed by atoms with Gasteiger partial charge in [0.2, 0.25) is 0 Å². The topological polar surface area (TPSA) is 55.2 Å². The summed E-state index contributed by atoms with van der Waals surface area (Å²) in [4.78, 5) is 11.3. The summed E-state index contributed by atoms with van der Waals surface area (Å²) in [6.07, 6.45) is 5.55. The first kappa shape index (κ1) is 17.2. The zero-order valence-corrected chi connectivity index (χ0v) is 15.7. The Balaban J connectivity index is 1.38. The highest BCUT2D eigenvalue weighted by Gasteiger charge is 2.20. The van der Waals surface area contributed by atoms with Gasteiger partial charge in [0.1, 0.15) is 0 Å². The number of nitrogens with zero attached hydrogens (tertiary/aromatic N) is 4. The Morgan fingerprint density at radius 2 is 2.19 bits per heavy atom. The van der Waals surface area contributed by atoms with Crippen LogP contribution in [-0.2, 0) is 11.3 Å². The molecule has 6 nitrogen and oxygen atoms in total. The predicted molar refractivity (Wildman–Crippen MR) is 104 cm³/mol. The third-order valence-corrected chi connectivity index (χ3v) is 5.52. The van der Waals surface area contributed by atoms with Gasteiger partial charge in [0, 0.05) is 43.1 Å². The number of aromatic nitrogens is 3. The number of thiazole rings is 1. The standard InChI is InChI=1S/C19H23N5OS/c1-15(23-7-9-25-10-8-23)18-13-26-19(22-18)21-12-16-3-2-4-17(11-16)24-6-5-20-14-24/h2-6,11,13-15H,7-10,12H2,1H3,(H,21,22). The Bertz CT molecular complexity index is 826. The van der Waals surface area contributed by atoms with Crippen LogP contribution < -0.4 is 5.32 Å². The van der Waals surface area contributed by atoms with Crippen molar-refractivity contribution in [2.24, 2.45) is 0 Å². The summed E-state index contributed by atoms with van der Waals surface area (Å²) in [7, 11) is 0. The second kappa shape index (κ2) is 7.99. The van der Waals surface area contributed by atoms with Gasteiger partial charge in [0.15, 0.2) is 5.13 Å². The fraction of sp³-hybridized carbons (Fsp3) is 0.368. The molecule has 3 aromatic rings. The SMILES string of the molecule is CC(c1csc(NCc2cccc(-n3ccnc3)c2)n1)N1CCOCC1. The average molecular weight is 369 g/mol. The fourth-order valence-corrected chi connectivity index (χ4v) is 3.92. The van der Waals surface area contributed by atoms with Gasteiger partial charge in [-0.25, -0.2) is 9.97 Å². The van der Waals surface area contributed by atoms with E-state index in [2.05, 4.69) is 51.8 Å². The van der Waals surface area contributed by atoms with Gasteiger partial charge >= 0.3 is 0 Å². The molecular weight excluding hydrogens is 346 g/mol. The lowest BCUT2D eigenvalue weighted by Crippen LogP contribution is -2.38. The molecule has 136 valence electrons. The summed E-state index contributed by atoms with van der Waals surface area (Å²) in [5.74, 6) is 0.